The smallest absolute Gasteiger partial charge is 0.0300 e. The van der Waals surface area contributed by atoms with Crippen molar-refractivity contribution in [2.75, 3.05) is 14.1 Å². The highest BCUT2D eigenvalue weighted by atomic mass is 15.1. The molecule has 0 bridgehead atoms. The Morgan fingerprint density at radius 3 is 2.59 bits per heavy atom. The Hall–Kier alpha value is -0.890. The average molecular weight is 232 g/mol. The monoisotopic (exact) mass is 232 g/mol. The summed E-state index contributed by atoms with van der Waals surface area (Å²) in [4.78, 5) is 6.67. The van der Waals surface area contributed by atoms with Crippen LogP contribution in [0.3, 0.4) is 0 Å². The predicted octanol–water partition coefficient (Wildman–Crippen LogP) is 3.13. The largest absolute Gasteiger partial charge is 0.303 e. The van der Waals surface area contributed by atoms with E-state index in [9.17, 15) is 0 Å². The Kier molecular flexibility index (Phi) is 3.82. The normalized spacial score (nSPS) is 29.5. The number of aromatic nitrogens is 1. The lowest BCUT2D eigenvalue weighted by atomic mass is 9.73. The maximum absolute atomic E-state index is 4.24. The van der Waals surface area contributed by atoms with Crippen LogP contribution in [-0.4, -0.2) is 29.5 Å². The van der Waals surface area contributed by atoms with Crippen LogP contribution >= 0.6 is 0 Å². The summed E-state index contributed by atoms with van der Waals surface area (Å²) >= 11 is 0. The van der Waals surface area contributed by atoms with Crippen LogP contribution in [0.5, 0.6) is 0 Å². The first-order valence-electron chi connectivity index (χ1n) is 6.69. The molecule has 1 saturated carbocycles. The van der Waals surface area contributed by atoms with Gasteiger partial charge in [0.05, 0.1) is 0 Å². The molecule has 1 fully saturated rings. The first-order valence-corrected chi connectivity index (χ1v) is 6.69. The SMILES string of the molecule is CC1CCC(Cc2cccnc2)(N(C)C)CC1. The van der Waals surface area contributed by atoms with E-state index < -0.39 is 0 Å². The topological polar surface area (TPSA) is 16.1 Å². The molecule has 1 aliphatic carbocycles. The van der Waals surface area contributed by atoms with E-state index in [1.165, 1.54) is 31.2 Å². The second-order valence-corrected chi connectivity index (χ2v) is 5.84. The van der Waals surface area contributed by atoms with Gasteiger partial charge in [0.25, 0.3) is 0 Å². The summed E-state index contributed by atoms with van der Waals surface area (Å²) in [7, 11) is 4.46. The molecule has 0 radical (unpaired) electrons. The molecule has 1 aromatic heterocycles. The van der Waals surface area contributed by atoms with Crippen molar-refractivity contribution in [2.24, 2.45) is 5.92 Å². The highest BCUT2D eigenvalue weighted by molar-refractivity contribution is 5.14. The number of nitrogens with zero attached hydrogens (tertiary/aromatic N) is 2. The molecule has 2 heteroatoms. The van der Waals surface area contributed by atoms with E-state index >= 15 is 0 Å². The molecule has 0 amide bonds. The Bertz CT molecular complexity index is 337. The summed E-state index contributed by atoms with van der Waals surface area (Å²) in [6.07, 6.45) is 10.4. The summed E-state index contributed by atoms with van der Waals surface area (Å²) < 4.78 is 0. The molecule has 1 aromatic rings. The fourth-order valence-corrected chi connectivity index (χ4v) is 2.96. The van der Waals surface area contributed by atoms with E-state index in [0.29, 0.717) is 5.54 Å². The number of hydrogen-bond donors (Lipinski definition) is 0. The predicted molar refractivity (Wildman–Crippen MR) is 72.0 cm³/mol. The summed E-state index contributed by atoms with van der Waals surface area (Å²) in [5.41, 5.74) is 1.73. The number of hydrogen-bond acceptors (Lipinski definition) is 2. The third-order valence-corrected chi connectivity index (χ3v) is 4.41. The van der Waals surface area contributed by atoms with Crippen LogP contribution in [0.2, 0.25) is 0 Å². The van der Waals surface area contributed by atoms with Crippen molar-refractivity contribution in [2.45, 2.75) is 44.6 Å². The van der Waals surface area contributed by atoms with Gasteiger partial charge in [-0.15, -0.1) is 0 Å². The van der Waals surface area contributed by atoms with Crippen molar-refractivity contribution >= 4 is 0 Å². The molecule has 0 unspecified atom stereocenters. The minimum absolute atomic E-state index is 0.357. The molecule has 2 nitrogen and oxygen atoms in total. The summed E-state index contributed by atoms with van der Waals surface area (Å²) in [6.45, 7) is 2.38. The van der Waals surface area contributed by atoms with Crippen LogP contribution < -0.4 is 0 Å². The minimum atomic E-state index is 0.357. The summed E-state index contributed by atoms with van der Waals surface area (Å²) in [6, 6.07) is 4.25. The number of pyridine rings is 1. The fraction of sp³-hybridized carbons (Fsp3) is 0.667. The van der Waals surface area contributed by atoms with Gasteiger partial charge in [-0.3, -0.25) is 4.98 Å². The highest BCUT2D eigenvalue weighted by Crippen LogP contribution is 2.37. The molecule has 0 aliphatic heterocycles. The van der Waals surface area contributed by atoms with Crippen molar-refractivity contribution in [3.05, 3.63) is 30.1 Å². The lowest BCUT2D eigenvalue weighted by molar-refractivity contribution is 0.0829. The second-order valence-electron chi connectivity index (χ2n) is 5.84. The van der Waals surface area contributed by atoms with Crippen LogP contribution in [-0.2, 0) is 6.42 Å². The minimum Gasteiger partial charge on any atom is -0.303 e. The lowest BCUT2D eigenvalue weighted by Crippen LogP contribution is -2.48. The van der Waals surface area contributed by atoms with E-state index in [-0.39, 0.29) is 0 Å². The van der Waals surface area contributed by atoms with E-state index in [1.54, 1.807) is 0 Å². The molecule has 0 aromatic carbocycles. The van der Waals surface area contributed by atoms with Crippen molar-refractivity contribution in [1.29, 1.82) is 0 Å². The fourth-order valence-electron chi connectivity index (χ4n) is 2.96. The third kappa shape index (κ3) is 2.86. The van der Waals surface area contributed by atoms with Gasteiger partial charge in [0.2, 0.25) is 0 Å². The average Bonchev–Trinajstić information content (AvgIpc) is 2.33. The van der Waals surface area contributed by atoms with Gasteiger partial charge in [-0.1, -0.05) is 13.0 Å². The Morgan fingerprint density at radius 1 is 1.35 bits per heavy atom. The molecular formula is C15H24N2. The van der Waals surface area contributed by atoms with Gasteiger partial charge < -0.3 is 4.90 Å². The molecule has 0 saturated heterocycles. The van der Waals surface area contributed by atoms with Crippen molar-refractivity contribution < 1.29 is 0 Å². The van der Waals surface area contributed by atoms with Crippen LogP contribution in [0, 0.1) is 5.92 Å². The molecule has 94 valence electrons. The van der Waals surface area contributed by atoms with E-state index in [1.807, 2.05) is 18.5 Å². The van der Waals surface area contributed by atoms with Crippen LogP contribution in [0.15, 0.2) is 24.5 Å². The molecule has 0 spiro atoms. The lowest BCUT2D eigenvalue weighted by Gasteiger charge is -2.45. The summed E-state index contributed by atoms with van der Waals surface area (Å²) in [5, 5.41) is 0. The molecule has 2 rings (SSSR count). The van der Waals surface area contributed by atoms with E-state index in [4.69, 9.17) is 0 Å². The molecule has 0 atom stereocenters. The van der Waals surface area contributed by atoms with Crippen molar-refractivity contribution in [1.82, 2.24) is 9.88 Å². The zero-order chi connectivity index (χ0) is 12.3. The summed E-state index contributed by atoms with van der Waals surface area (Å²) in [5.74, 6) is 0.900. The standard InChI is InChI=1S/C15H24N2/c1-13-6-8-15(9-7-13,17(2)3)11-14-5-4-10-16-12-14/h4-5,10,12-13H,6-9,11H2,1-3H3. The van der Waals surface area contributed by atoms with Gasteiger partial charge >= 0.3 is 0 Å². The van der Waals surface area contributed by atoms with Crippen molar-refractivity contribution in [3.63, 3.8) is 0 Å². The Balaban J connectivity index is 2.13. The van der Waals surface area contributed by atoms with Gasteiger partial charge in [0.15, 0.2) is 0 Å². The van der Waals surface area contributed by atoms with E-state index in [0.717, 1.165) is 12.3 Å². The maximum atomic E-state index is 4.24. The number of likely N-dealkylation sites (N-methyl/N-ethyl adjacent to an activating group) is 1. The first kappa shape index (κ1) is 12.6. The third-order valence-electron chi connectivity index (χ3n) is 4.41. The van der Waals surface area contributed by atoms with Crippen LogP contribution in [0.1, 0.15) is 38.2 Å². The van der Waals surface area contributed by atoms with Gasteiger partial charge in [-0.25, -0.2) is 0 Å². The van der Waals surface area contributed by atoms with Gasteiger partial charge in [-0.2, -0.15) is 0 Å². The zero-order valence-corrected chi connectivity index (χ0v) is 11.3. The Morgan fingerprint density at radius 2 is 2.06 bits per heavy atom. The highest BCUT2D eigenvalue weighted by Gasteiger charge is 2.36. The zero-order valence-electron chi connectivity index (χ0n) is 11.3. The van der Waals surface area contributed by atoms with Gasteiger partial charge in [0.1, 0.15) is 0 Å². The second kappa shape index (κ2) is 5.18. The van der Waals surface area contributed by atoms with Gasteiger partial charge in [0, 0.05) is 17.9 Å². The quantitative estimate of drug-likeness (QED) is 0.796. The first-order chi connectivity index (χ1) is 8.12. The van der Waals surface area contributed by atoms with Crippen LogP contribution in [0.4, 0.5) is 0 Å². The molecule has 1 heterocycles. The van der Waals surface area contributed by atoms with Crippen molar-refractivity contribution in [3.8, 4) is 0 Å². The molecule has 1 aliphatic rings. The van der Waals surface area contributed by atoms with Gasteiger partial charge in [-0.05, 0) is 63.7 Å². The molecule has 0 N–H and O–H groups in total. The maximum Gasteiger partial charge on any atom is 0.0300 e. The molecular weight excluding hydrogens is 208 g/mol. The Labute approximate surface area is 105 Å². The molecule has 17 heavy (non-hydrogen) atoms. The number of rotatable bonds is 3. The van der Waals surface area contributed by atoms with E-state index in [2.05, 4.69) is 37.0 Å². The van der Waals surface area contributed by atoms with Crippen LogP contribution in [0.25, 0.3) is 0 Å².